The van der Waals surface area contributed by atoms with Gasteiger partial charge in [0.25, 0.3) is 0 Å². The van der Waals surface area contributed by atoms with Crippen molar-refractivity contribution in [2.75, 3.05) is 75.5 Å². The van der Waals surface area contributed by atoms with Crippen LogP contribution >= 0.6 is 0 Å². The maximum atomic E-state index is 9.80. The van der Waals surface area contributed by atoms with Gasteiger partial charge in [-0.05, 0) is 135 Å². The molecule has 123 heavy (non-hydrogen) atoms. The standard InChI is InChI=1S/C9H19NO4.2C8H16O5.2C8H16O4.2C7H13N3O4.C7H15NO3.C7H15NO2.C7H14O3/c1-5-8(12)7(10(2)3)9(13)6(4-11)14-5;1-4-6(10)7(11)8(12-2)5(3-9)13-4;1-4-6(10)8(12-2)7(11)5(3-9)13-4;1-4-6(9)7(10)8(11-3)5(2)12-4;1-4-6(9)8(11-3)7(10)5(2)12-4;1-3-6(12)5(9-10-8)7(13)4(2-11)14-3;1-3-5(11)7(13)6(12)4(14-3)2-9-10-8;1-3-6(9)5(8)7(10)4(2)11-3;2*1-4-3-6(8)7(9)5(2)10-4/h5-9,11-13H,4H2,1-3H3;2*4-11H,3H2,1-2H3;2*4-10H,1-3H3;2*3-7,11-13H,2H2,1H3;3-7,9-10H,8H2,1-2H3;4-7,9H,3,8H2,1-2H3;4-9H,3H2,1-2H3. The third-order valence-electron chi connectivity index (χ3n) is 22.8. The molecule has 46 atom stereocenters. The average molecular weight is 1800 g/mol. The maximum Gasteiger partial charge on any atom is 0.114 e. The molecule has 0 aliphatic carbocycles. The zero-order chi connectivity index (χ0) is 95.0. The lowest BCUT2D eigenvalue weighted by molar-refractivity contribution is -0.231. The molecule has 0 aromatic rings. The second-order valence-corrected chi connectivity index (χ2v) is 32.5. The number of ether oxygens (including phenoxy) is 14. The van der Waals surface area contributed by atoms with Crippen molar-refractivity contribution in [3.05, 3.63) is 20.9 Å². The third kappa shape index (κ3) is 34.9. The quantitative estimate of drug-likeness (QED) is 0.0490. The van der Waals surface area contributed by atoms with Gasteiger partial charge in [-0.3, -0.25) is 0 Å². The molecule has 28 N–H and O–H groups in total. The first-order valence-electron chi connectivity index (χ1n) is 41.2. The Bertz CT molecular complexity index is 2810. The van der Waals surface area contributed by atoms with Crippen LogP contribution in [0.5, 0.6) is 0 Å². The number of methoxy groups -OCH3 is 4. The van der Waals surface area contributed by atoms with Gasteiger partial charge in [0.15, 0.2) is 0 Å². The number of azide groups is 2. The van der Waals surface area contributed by atoms with Crippen LogP contribution in [-0.2, 0) is 66.3 Å². The molecule has 47 nitrogen and oxygen atoms in total. The van der Waals surface area contributed by atoms with E-state index in [9.17, 15) is 102 Å². The molecule has 46 unspecified atom stereocenters. The third-order valence-corrected chi connectivity index (χ3v) is 22.8. The van der Waals surface area contributed by atoms with Crippen LogP contribution in [0.25, 0.3) is 20.9 Å². The van der Waals surface area contributed by atoms with Gasteiger partial charge in [0.1, 0.15) is 128 Å². The molecular weight excluding hydrogens is 1650 g/mol. The van der Waals surface area contributed by atoms with Crippen molar-refractivity contribution in [1.82, 2.24) is 4.90 Å². The van der Waals surface area contributed by atoms with Crippen LogP contribution in [0.3, 0.4) is 0 Å². The van der Waals surface area contributed by atoms with Gasteiger partial charge >= 0.3 is 0 Å². The van der Waals surface area contributed by atoms with Crippen molar-refractivity contribution in [1.29, 1.82) is 0 Å². The smallest absolute Gasteiger partial charge is 0.114 e. The van der Waals surface area contributed by atoms with E-state index >= 15 is 0 Å². The SMILES string of the molecule is CC1CC(N)C(O)C(C)O1.CC1CC(O)C(O)C(C)O1.CC1OC(C)C(O)C(N)C1O.CC1OC(CN=[N+]=[N-])C(O)C(O)C1O.CC1OC(CO)C(O)C(N(C)C)C1O.CC1OC(CO)C(O)C(N=[N+]=[N-])C1O.COC1C(C)OC(C)C(O)C1O.COC1C(CO)OC(C)C(O)C1O.COC1C(O)C(C)OC(C)C1O.COC1C(O)C(C)OC(CO)C1O. The van der Waals surface area contributed by atoms with Crippen molar-refractivity contribution in [2.24, 2.45) is 21.7 Å². The Kier molecular flexibility index (Phi) is 55.6. The minimum Gasteiger partial charge on any atom is -0.394 e. The Balaban J connectivity index is 0.000000685. The Morgan fingerprint density at radius 2 is 0.634 bits per heavy atom. The molecule has 10 saturated heterocycles. The van der Waals surface area contributed by atoms with E-state index in [-0.39, 0.29) is 106 Å². The number of nitrogens with two attached hydrogens (primary N) is 2. The van der Waals surface area contributed by atoms with Crippen LogP contribution in [0, 0.1) is 0 Å². The minimum absolute atomic E-state index is 0.0633. The van der Waals surface area contributed by atoms with Gasteiger partial charge in [0.05, 0.1) is 191 Å². The predicted octanol–water partition coefficient (Wildman–Crippen LogP) is -8.56. The van der Waals surface area contributed by atoms with Crippen molar-refractivity contribution in [3.63, 3.8) is 0 Å². The highest BCUT2D eigenvalue weighted by Gasteiger charge is 2.49. The Hall–Kier alpha value is -3.02. The van der Waals surface area contributed by atoms with Gasteiger partial charge in [-0.1, -0.05) is 10.2 Å². The molecule has 0 amide bonds. The highest BCUT2D eigenvalue weighted by molar-refractivity contribution is 4.99. The number of aliphatic hydroxyl groups excluding tert-OH is 24. The molecule has 10 rings (SSSR count). The summed E-state index contributed by atoms with van der Waals surface area (Å²) in [7, 11) is 9.34. The maximum absolute atomic E-state index is 9.80. The molecule has 0 radical (unpaired) electrons. The van der Waals surface area contributed by atoms with E-state index in [0.717, 1.165) is 6.42 Å². The van der Waals surface area contributed by atoms with Gasteiger partial charge in [-0.25, -0.2) is 0 Å². The van der Waals surface area contributed by atoms with Crippen molar-refractivity contribution in [3.8, 4) is 0 Å². The summed E-state index contributed by atoms with van der Waals surface area (Å²) in [5.74, 6) is 0. The monoisotopic (exact) mass is 1800 g/mol. The molecule has 10 aliphatic heterocycles. The van der Waals surface area contributed by atoms with Crippen LogP contribution in [0.4, 0.5) is 0 Å². The molecule has 10 heterocycles. The Morgan fingerprint density at radius 1 is 0.309 bits per heavy atom. The molecule has 10 aliphatic rings. The van der Waals surface area contributed by atoms with E-state index in [1.807, 2.05) is 27.7 Å². The molecule has 0 aromatic heterocycles. The molecule has 10 fully saturated rings. The number of hydrogen-bond acceptors (Lipinski definition) is 43. The van der Waals surface area contributed by atoms with Crippen molar-refractivity contribution in [2.45, 2.75) is 409 Å². The fourth-order valence-corrected chi connectivity index (χ4v) is 15.0. The van der Waals surface area contributed by atoms with Crippen molar-refractivity contribution < 1.29 is 189 Å². The average Bonchev–Trinajstić information content (AvgIpc) is 0.802. The predicted molar refractivity (Wildman–Crippen MR) is 433 cm³/mol. The highest BCUT2D eigenvalue weighted by Crippen LogP contribution is 2.30. The molecule has 0 bridgehead atoms. The fraction of sp³-hybridized carbons (Fsp3) is 1.00. The van der Waals surface area contributed by atoms with Gasteiger partial charge < -0.3 is 205 Å². The summed E-state index contributed by atoms with van der Waals surface area (Å²) in [6.07, 6.45) is -26.5. The zero-order valence-corrected chi connectivity index (χ0v) is 74.4. The normalized spacial score (nSPS) is 47.0. The second kappa shape index (κ2) is 58.0. The zero-order valence-electron chi connectivity index (χ0n) is 74.4. The highest BCUT2D eigenvalue weighted by atomic mass is 16.6. The molecule has 0 spiro atoms. The number of nitrogens with zero attached hydrogens (tertiary/aromatic N) is 7. The van der Waals surface area contributed by atoms with Gasteiger partial charge in [-0.15, -0.1) is 0 Å². The molecule has 0 saturated carbocycles. The number of rotatable bonds is 12. The van der Waals surface area contributed by atoms with Crippen LogP contribution in [0.2, 0.25) is 0 Å². The summed E-state index contributed by atoms with van der Waals surface area (Å²) in [6.45, 7) is 25.1. The Morgan fingerprint density at radius 3 is 1.04 bits per heavy atom. The lowest BCUT2D eigenvalue weighted by Gasteiger charge is -2.44. The lowest BCUT2D eigenvalue weighted by atomic mass is 9.92. The largest absolute Gasteiger partial charge is 0.394 e. The molecule has 730 valence electrons. The summed E-state index contributed by atoms with van der Waals surface area (Å²) in [5, 5.41) is 231. The topological polar surface area (TPSA) is 768 Å². The summed E-state index contributed by atoms with van der Waals surface area (Å²) in [4.78, 5) is 6.80. The van der Waals surface area contributed by atoms with E-state index in [0.29, 0.717) is 6.42 Å². The number of likely N-dealkylation sites (N-methyl/N-ethyl adjacent to an activating group) is 1. The first-order chi connectivity index (χ1) is 57.3. The van der Waals surface area contributed by atoms with Gasteiger partial charge in [0, 0.05) is 50.7 Å². The number of hydrogen-bond donors (Lipinski definition) is 26. The van der Waals surface area contributed by atoms with E-state index in [4.69, 9.17) is 109 Å². The first-order valence-corrected chi connectivity index (χ1v) is 41.2. The van der Waals surface area contributed by atoms with E-state index in [2.05, 4.69) is 20.1 Å². The lowest BCUT2D eigenvalue weighted by Crippen LogP contribution is -2.62. The van der Waals surface area contributed by atoms with Crippen LogP contribution in [-0.4, -0.2) is 496 Å². The Labute approximate surface area is 718 Å². The first kappa shape index (κ1) is 118. The summed E-state index contributed by atoms with van der Waals surface area (Å²) in [5.41, 5.74) is 27.5. The molecule has 0 aromatic carbocycles. The van der Waals surface area contributed by atoms with Crippen LogP contribution < -0.4 is 11.5 Å². The molecule has 47 heteroatoms. The summed E-state index contributed by atoms with van der Waals surface area (Å²) >= 11 is 0. The van der Waals surface area contributed by atoms with Gasteiger partial charge in [0.2, 0.25) is 0 Å². The van der Waals surface area contributed by atoms with E-state index < -0.39 is 220 Å². The summed E-state index contributed by atoms with van der Waals surface area (Å²) < 4.78 is 72.2. The van der Waals surface area contributed by atoms with Crippen LogP contribution in [0.1, 0.15) is 117 Å². The van der Waals surface area contributed by atoms with Gasteiger partial charge in [-0.2, -0.15) is 0 Å². The fourth-order valence-electron chi connectivity index (χ4n) is 15.0. The summed E-state index contributed by atoms with van der Waals surface area (Å²) in [6, 6.07) is -2.07. The number of aliphatic hydroxyl groups is 24. The van der Waals surface area contributed by atoms with Crippen molar-refractivity contribution >= 4 is 0 Å². The van der Waals surface area contributed by atoms with Crippen LogP contribution in [0.15, 0.2) is 10.2 Å². The van der Waals surface area contributed by atoms with E-state index in [1.165, 1.54) is 28.4 Å². The van der Waals surface area contributed by atoms with E-state index in [1.54, 1.807) is 95.2 Å². The molecular formula is C76H153N9O38. The minimum atomic E-state index is -1.27. The second-order valence-electron chi connectivity index (χ2n) is 32.5.